The van der Waals surface area contributed by atoms with Crippen molar-refractivity contribution in [2.75, 3.05) is 5.73 Å². The lowest BCUT2D eigenvalue weighted by Gasteiger charge is -2.26. The van der Waals surface area contributed by atoms with Crippen LogP contribution in [0.3, 0.4) is 0 Å². The van der Waals surface area contributed by atoms with Crippen LogP contribution in [-0.4, -0.2) is 10.1 Å². The Bertz CT molecular complexity index is 282. The minimum atomic E-state index is -0.821. The van der Waals surface area contributed by atoms with Gasteiger partial charge in [-0.15, -0.1) is 0 Å². The van der Waals surface area contributed by atoms with E-state index in [0.29, 0.717) is 18.7 Å². The van der Waals surface area contributed by atoms with E-state index in [1.165, 1.54) is 0 Å². The average molecular weight is 180 g/mol. The quantitative estimate of drug-likeness (QED) is 0.743. The van der Waals surface area contributed by atoms with Crippen molar-refractivity contribution in [3.05, 3.63) is 23.9 Å². The van der Waals surface area contributed by atoms with Crippen LogP contribution in [0.1, 0.15) is 32.3 Å². The summed E-state index contributed by atoms with van der Waals surface area (Å²) in [5.74, 6) is 0.425. The van der Waals surface area contributed by atoms with Gasteiger partial charge in [0.15, 0.2) is 0 Å². The fraction of sp³-hybridized carbons (Fsp3) is 0.500. The SMILES string of the molecule is CCC(O)(CC)c1cccnc1N. The highest BCUT2D eigenvalue weighted by molar-refractivity contribution is 5.42. The maximum Gasteiger partial charge on any atom is 0.129 e. The van der Waals surface area contributed by atoms with Gasteiger partial charge in [-0.3, -0.25) is 0 Å². The van der Waals surface area contributed by atoms with E-state index in [1.807, 2.05) is 19.9 Å². The molecule has 1 rings (SSSR count). The number of nitrogens with two attached hydrogens (primary N) is 1. The summed E-state index contributed by atoms with van der Waals surface area (Å²) in [6.07, 6.45) is 2.93. The molecule has 0 atom stereocenters. The molecule has 1 aromatic heterocycles. The largest absolute Gasteiger partial charge is 0.385 e. The van der Waals surface area contributed by atoms with E-state index < -0.39 is 5.60 Å². The number of pyridine rings is 1. The highest BCUT2D eigenvalue weighted by atomic mass is 16.3. The second-order valence-corrected chi connectivity index (χ2v) is 3.17. The van der Waals surface area contributed by atoms with Gasteiger partial charge in [0, 0.05) is 11.8 Å². The topological polar surface area (TPSA) is 59.1 Å². The van der Waals surface area contributed by atoms with Crippen molar-refractivity contribution in [2.24, 2.45) is 0 Å². The number of hydrogen-bond donors (Lipinski definition) is 2. The van der Waals surface area contributed by atoms with Crippen molar-refractivity contribution >= 4 is 5.82 Å². The van der Waals surface area contributed by atoms with Gasteiger partial charge in [0.1, 0.15) is 5.82 Å². The van der Waals surface area contributed by atoms with Crippen molar-refractivity contribution in [1.29, 1.82) is 0 Å². The number of nitrogens with zero attached hydrogens (tertiary/aromatic N) is 1. The minimum Gasteiger partial charge on any atom is -0.385 e. The Hall–Kier alpha value is -1.09. The Labute approximate surface area is 78.6 Å². The normalized spacial score (nSPS) is 11.6. The molecular formula is C10H16N2O. The van der Waals surface area contributed by atoms with Crippen molar-refractivity contribution in [1.82, 2.24) is 4.98 Å². The van der Waals surface area contributed by atoms with E-state index in [-0.39, 0.29) is 0 Å². The van der Waals surface area contributed by atoms with Crippen LogP contribution in [0, 0.1) is 0 Å². The molecule has 3 N–H and O–H groups in total. The molecule has 13 heavy (non-hydrogen) atoms. The zero-order valence-corrected chi connectivity index (χ0v) is 8.12. The molecule has 0 spiro atoms. The zero-order valence-electron chi connectivity index (χ0n) is 8.12. The van der Waals surface area contributed by atoms with Crippen LogP contribution < -0.4 is 5.73 Å². The minimum absolute atomic E-state index is 0.425. The van der Waals surface area contributed by atoms with Crippen LogP contribution in [0.4, 0.5) is 5.82 Å². The predicted octanol–water partition coefficient (Wildman–Crippen LogP) is 1.67. The standard InChI is InChI=1S/C10H16N2O/c1-3-10(13,4-2)8-6-5-7-12-9(8)11/h5-7,13H,3-4H2,1-2H3,(H2,11,12). The molecular weight excluding hydrogens is 164 g/mol. The summed E-state index contributed by atoms with van der Waals surface area (Å²) in [6, 6.07) is 3.62. The molecule has 0 saturated carbocycles. The lowest BCUT2D eigenvalue weighted by atomic mass is 9.89. The first-order valence-corrected chi connectivity index (χ1v) is 4.57. The fourth-order valence-corrected chi connectivity index (χ4v) is 1.44. The number of aromatic nitrogens is 1. The van der Waals surface area contributed by atoms with Crippen molar-refractivity contribution in [3.8, 4) is 0 Å². The third-order valence-corrected chi connectivity index (χ3v) is 2.51. The molecule has 3 heteroatoms. The van der Waals surface area contributed by atoms with E-state index in [2.05, 4.69) is 4.98 Å². The first-order chi connectivity index (χ1) is 6.14. The van der Waals surface area contributed by atoms with Crippen LogP contribution in [0.5, 0.6) is 0 Å². The maximum atomic E-state index is 10.2. The molecule has 0 bridgehead atoms. The zero-order chi connectivity index (χ0) is 9.90. The Kier molecular flexibility index (Phi) is 2.88. The second kappa shape index (κ2) is 3.75. The number of hydrogen-bond acceptors (Lipinski definition) is 3. The molecule has 0 saturated heterocycles. The number of rotatable bonds is 3. The smallest absolute Gasteiger partial charge is 0.129 e. The van der Waals surface area contributed by atoms with Gasteiger partial charge in [0.2, 0.25) is 0 Å². The van der Waals surface area contributed by atoms with Gasteiger partial charge >= 0.3 is 0 Å². The van der Waals surface area contributed by atoms with Gasteiger partial charge < -0.3 is 10.8 Å². The molecule has 3 nitrogen and oxygen atoms in total. The van der Waals surface area contributed by atoms with Crippen molar-refractivity contribution < 1.29 is 5.11 Å². The molecule has 0 aliphatic heterocycles. The molecule has 1 aromatic rings. The van der Waals surface area contributed by atoms with Gasteiger partial charge in [0.05, 0.1) is 5.60 Å². The summed E-state index contributed by atoms with van der Waals surface area (Å²) in [6.45, 7) is 3.88. The lowest BCUT2D eigenvalue weighted by Crippen LogP contribution is -2.25. The van der Waals surface area contributed by atoms with Crippen LogP contribution in [0.25, 0.3) is 0 Å². The third kappa shape index (κ3) is 1.80. The van der Waals surface area contributed by atoms with Crippen LogP contribution in [-0.2, 0) is 5.60 Å². The fourth-order valence-electron chi connectivity index (χ4n) is 1.44. The van der Waals surface area contributed by atoms with Crippen molar-refractivity contribution in [3.63, 3.8) is 0 Å². The number of aliphatic hydroxyl groups is 1. The average Bonchev–Trinajstić information content (AvgIpc) is 2.17. The Morgan fingerprint density at radius 2 is 2.08 bits per heavy atom. The van der Waals surface area contributed by atoms with Crippen LogP contribution in [0.15, 0.2) is 18.3 Å². The van der Waals surface area contributed by atoms with Crippen LogP contribution >= 0.6 is 0 Å². The third-order valence-electron chi connectivity index (χ3n) is 2.51. The van der Waals surface area contributed by atoms with E-state index >= 15 is 0 Å². The van der Waals surface area contributed by atoms with E-state index in [0.717, 1.165) is 5.56 Å². The molecule has 0 aliphatic rings. The first-order valence-electron chi connectivity index (χ1n) is 4.57. The van der Waals surface area contributed by atoms with Gasteiger partial charge in [-0.1, -0.05) is 19.9 Å². The highest BCUT2D eigenvalue weighted by Crippen LogP contribution is 2.30. The molecule has 0 fully saturated rings. The van der Waals surface area contributed by atoms with E-state index in [9.17, 15) is 5.11 Å². The van der Waals surface area contributed by atoms with Gasteiger partial charge in [0.25, 0.3) is 0 Å². The molecule has 0 aromatic carbocycles. The van der Waals surface area contributed by atoms with E-state index in [4.69, 9.17) is 5.73 Å². The summed E-state index contributed by atoms with van der Waals surface area (Å²) in [5, 5.41) is 10.2. The highest BCUT2D eigenvalue weighted by Gasteiger charge is 2.27. The molecule has 0 radical (unpaired) electrons. The summed E-state index contributed by atoms with van der Waals surface area (Å²) in [5.41, 5.74) is 5.60. The molecule has 0 amide bonds. The number of anilines is 1. The van der Waals surface area contributed by atoms with Gasteiger partial charge in [-0.2, -0.15) is 0 Å². The predicted molar refractivity (Wildman–Crippen MR) is 53.1 cm³/mol. The summed E-state index contributed by atoms with van der Waals surface area (Å²) in [7, 11) is 0. The molecule has 72 valence electrons. The summed E-state index contributed by atoms with van der Waals surface area (Å²) < 4.78 is 0. The molecule has 0 unspecified atom stereocenters. The van der Waals surface area contributed by atoms with Crippen molar-refractivity contribution in [2.45, 2.75) is 32.3 Å². The summed E-state index contributed by atoms with van der Waals surface area (Å²) in [4.78, 5) is 3.96. The van der Waals surface area contributed by atoms with Gasteiger partial charge in [-0.25, -0.2) is 4.98 Å². The molecule has 1 heterocycles. The Morgan fingerprint density at radius 3 is 2.54 bits per heavy atom. The second-order valence-electron chi connectivity index (χ2n) is 3.17. The summed E-state index contributed by atoms with van der Waals surface area (Å²) >= 11 is 0. The number of nitrogen functional groups attached to an aromatic ring is 1. The van der Waals surface area contributed by atoms with Gasteiger partial charge in [-0.05, 0) is 18.9 Å². The van der Waals surface area contributed by atoms with E-state index in [1.54, 1.807) is 12.3 Å². The van der Waals surface area contributed by atoms with Crippen LogP contribution in [0.2, 0.25) is 0 Å². The Balaban J connectivity index is 3.12. The monoisotopic (exact) mass is 180 g/mol. The first kappa shape index (κ1) is 9.99. The molecule has 0 aliphatic carbocycles. The Morgan fingerprint density at radius 1 is 1.46 bits per heavy atom. The maximum absolute atomic E-state index is 10.2. The lowest BCUT2D eigenvalue weighted by molar-refractivity contribution is 0.0289.